The molecule has 0 fully saturated rings. The van der Waals surface area contributed by atoms with Crippen molar-refractivity contribution in [2.45, 2.75) is 31.2 Å². The minimum absolute atomic E-state index is 0.390. The Kier molecular flexibility index (Phi) is 6.79. The third-order valence-electron chi connectivity index (χ3n) is 4.98. The highest BCUT2D eigenvalue weighted by molar-refractivity contribution is 5.49. The van der Waals surface area contributed by atoms with Gasteiger partial charge in [-0.2, -0.15) is 5.26 Å². The number of nitrogens with zero attached hydrogens (tertiary/aromatic N) is 1. The molecular formula is C25H26N2. The molecule has 3 rings (SSSR count). The first-order valence-corrected chi connectivity index (χ1v) is 9.66. The molecule has 136 valence electrons. The Morgan fingerprint density at radius 1 is 0.630 bits per heavy atom. The Bertz CT molecular complexity index is 739. The lowest BCUT2D eigenvalue weighted by atomic mass is 9.77. The fourth-order valence-corrected chi connectivity index (χ4v) is 3.65. The maximum atomic E-state index is 8.73. The fourth-order valence-electron chi connectivity index (χ4n) is 3.65. The summed E-state index contributed by atoms with van der Waals surface area (Å²) in [4.78, 5) is 0. The van der Waals surface area contributed by atoms with E-state index in [-0.39, 0.29) is 5.54 Å². The number of unbranched alkanes of at least 4 members (excludes halogenated alkanes) is 3. The summed E-state index contributed by atoms with van der Waals surface area (Å²) in [6.07, 6.45) is 3.72. The van der Waals surface area contributed by atoms with Crippen LogP contribution in [0.1, 0.15) is 42.4 Å². The highest BCUT2D eigenvalue weighted by Gasteiger charge is 2.35. The Morgan fingerprint density at radius 2 is 1.07 bits per heavy atom. The summed E-state index contributed by atoms with van der Waals surface area (Å²) >= 11 is 0. The standard InChI is InChI=1S/C25H26N2/c26-20-12-1-2-13-21-27-25(22-14-6-3-7-15-22,23-16-8-4-9-17-23)24-18-10-5-11-19-24/h3-11,14-19,27H,1-2,12-13,21H2. The average molecular weight is 354 g/mol. The van der Waals surface area contributed by atoms with E-state index in [9.17, 15) is 0 Å². The summed E-state index contributed by atoms with van der Waals surface area (Å²) in [5, 5.41) is 12.6. The summed E-state index contributed by atoms with van der Waals surface area (Å²) in [5.41, 5.74) is 3.32. The van der Waals surface area contributed by atoms with Crippen LogP contribution in [0.15, 0.2) is 91.0 Å². The zero-order chi connectivity index (χ0) is 18.8. The number of rotatable bonds is 9. The van der Waals surface area contributed by atoms with Crippen molar-refractivity contribution in [3.8, 4) is 6.07 Å². The van der Waals surface area contributed by atoms with E-state index < -0.39 is 0 Å². The lowest BCUT2D eigenvalue weighted by Crippen LogP contribution is -2.45. The lowest BCUT2D eigenvalue weighted by molar-refractivity contribution is 0.458. The first-order chi connectivity index (χ1) is 13.4. The highest BCUT2D eigenvalue weighted by atomic mass is 15.0. The molecule has 0 bridgehead atoms. The predicted octanol–water partition coefficient (Wildman–Crippen LogP) is 5.65. The normalized spacial score (nSPS) is 11.1. The molecule has 1 N–H and O–H groups in total. The van der Waals surface area contributed by atoms with Crippen LogP contribution in [0.3, 0.4) is 0 Å². The largest absolute Gasteiger partial charge is 0.300 e. The summed E-state index contributed by atoms with van der Waals surface area (Å²) in [6, 6.07) is 34.2. The molecule has 0 atom stereocenters. The summed E-state index contributed by atoms with van der Waals surface area (Å²) in [5.74, 6) is 0. The molecule has 0 aromatic heterocycles. The van der Waals surface area contributed by atoms with Crippen molar-refractivity contribution in [2.24, 2.45) is 0 Å². The van der Waals surface area contributed by atoms with Crippen LogP contribution in [0.4, 0.5) is 0 Å². The van der Waals surface area contributed by atoms with Gasteiger partial charge in [0.05, 0.1) is 11.6 Å². The van der Waals surface area contributed by atoms with Gasteiger partial charge in [0.15, 0.2) is 0 Å². The molecule has 27 heavy (non-hydrogen) atoms. The van der Waals surface area contributed by atoms with Crippen LogP contribution in [-0.2, 0) is 5.54 Å². The molecule has 0 aliphatic carbocycles. The van der Waals surface area contributed by atoms with E-state index >= 15 is 0 Å². The maximum Gasteiger partial charge on any atom is 0.0947 e. The van der Waals surface area contributed by atoms with Crippen molar-refractivity contribution in [1.82, 2.24) is 5.32 Å². The molecule has 3 aromatic carbocycles. The van der Waals surface area contributed by atoms with Crippen molar-refractivity contribution < 1.29 is 0 Å². The number of hydrogen-bond acceptors (Lipinski definition) is 2. The van der Waals surface area contributed by atoms with Crippen LogP contribution in [0.5, 0.6) is 0 Å². The third kappa shape index (κ3) is 4.45. The molecule has 0 aliphatic rings. The third-order valence-corrected chi connectivity index (χ3v) is 4.98. The van der Waals surface area contributed by atoms with Gasteiger partial charge in [-0.15, -0.1) is 0 Å². The van der Waals surface area contributed by atoms with Crippen LogP contribution in [-0.4, -0.2) is 6.54 Å². The number of nitriles is 1. The topological polar surface area (TPSA) is 35.8 Å². The molecule has 3 aromatic rings. The van der Waals surface area contributed by atoms with E-state index in [4.69, 9.17) is 5.26 Å². The van der Waals surface area contributed by atoms with Crippen LogP contribution in [0.2, 0.25) is 0 Å². The van der Waals surface area contributed by atoms with Gasteiger partial charge < -0.3 is 0 Å². The molecule has 0 amide bonds. The van der Waals surface area contributed by atoms with Crippen molar-refractivity contribution in [3.05, 3.63) is 108 Å². The van der Waals surface area contributed by atoms with E-state index in [0.29, 0.717) is 6.42 Å². The molecule has 0 radical (unpaired) electrons. The van der Waals surface area contributed by atoms with Crippen LogP contribution in [0.25, 0.3) is 0 Å². The summed E-state index contributed by atoms with van der Waals surface area (Å²) in [6.45, 7) is 0.893. The number of benzene rings is 3. The van der Waals surface area contributed by atoms with E-state index in [1.807, 2.05) is 0 Å². The molecule has 0 saturated carbocycles. The lowest BCUT2D eigenvalue weighted by Gasteiger charge is -2.37. The van der Waals surface area contributed by atoms with Crippen molar-refractivity contribution in [3.63, 3.8) is 0 Å². The quantitative estimate of drug-likeness (QED) is 0.398. The second-order valence-corrected chi connectivity index (χ2v) is 6.74. The molecule has 0 unspecified atom stereocenters. The van der Waals surface area contributed by atoms with Crippen molar-refractivity contribution in [1.29, 1.82) is 5.26 Å². The smallest absolute Gasteiger partial charge is 0.0947 e. The second kappa shape index (κ2) is 9.71. The molecule has 2 heteroatoms. The maximum absolute atomic E-state index is 8.73. The highest BCUT2D eigenvalue weighted by Crippen LogP contribution is 2.36. The first kappa shape index (κ1) is 18.9. The Labute approximate surface area is 162 Å². The van der Waals surface area contributed by atoms with Crippen LogP contribution < -0.4 is 5.32 Å². The van der Waals surface area contributed by atoms with Gasteiger partial charge >= 0.3 is 0 Å². The van der Waals surface area contributed by atoms with Gasteiger partial charge in [0.2, 0.25) is 0 Å². The number of hydrogen-bond donors (Lipinski definition) is 1. The van der Waals surface area contributed by atoms with E-state index in [1.54, 1.807) is 0 Å². The first-order valence-electron chi connectivity index (χ1n) is 9.66. The van der Waals surface area contributed by atoms with Gasteiger partial charge in [0.25, 0.3) is 0 Å². The Morgan fingerprint density at radius 3 is 1.48 bits per heavy atom. The molecule has 2 nitrogen and oxygen atoms in total. The summed E-state index contributed by atoms with van der Waals surface area (Å²) < 4.78 is 0. The van der Waals surface area contributed by atoms with Crippen molar-refractivity contribution in [2.75, 3.05) is 6.54 Å². The number of nitrogens with one attached hydrogen (secondary N) is 1. The predicted molar refractivity (Wildman–Crippen MR) is 111 cm³/mol. The molecule has 0 aliphatic heterocycles. The summed E-state index contributed by atoms with van der Waals surface area (Å²) in [7, 11) is 0. The van der Waals surface area contributed by atoms with Crippen LogP contribution in [0, 0.1) is 11.3 Å². The van der Waals surface area contributed by atoms with Gasteiger partial charge in [-0.1, -0.05) is 97.4 Å². The van der Waals surface area contributed by atoms with Crippen molar-refractivity contribution >= 4 is 0 Å². The zero-order valence-corrected chi connectivity index (χ0v) is 15.6. The minimum Gasteiger partial charge on any atom is -0.300 e. The zero-order valence-electron chi connectivity index (χ0n) is 15.6. The monoisotopic (exact) mass is 354 g/mol. The second-order valence-electron chi connectivity index (χ2n) is 6.74. The Hall–Kier alpha value is -2.89. The van der Waals surface area contributed by atoms with Gasteiger partial charge in [0, 0.05) is 6.42 Å². The fraction of sp³-hybridized carbons (Fsp3) is 0.240. The van der Waals surface area contributed by atoms with Gasteiger partial charge in [0.1, 0.15) is 0 Å². The van der Waals surface area contributed by atoms with Crippen LogP contribution >= 0.6 is 0 Å². The SMILES string of the molecule is N#CCCCCCNC(c1ccccc1)(c1ccccc1)c1ccccc1. The molecule has 0 heterocycles. The average Bonchev–Trinajstić information content (AvgIpc) is 2.75. The minimum atomic E-state index is -0.390. The van der Waals surface area contributed by atoms with Gasteiger partial charge in [-0.3, -0.25) is 5.32 Å². The Balaban J connectivity index is 2.00. The van der Waals surface area contributed by atoms with Gasteiger partial charge in [-0.25, -0.2) is 0 Å². The molecular weight excluding hydrogens is 328 g/mol. The van der Waals surface area contributed by atoms with E-state index in [2.05, 4.69) is 102 Å². The van der Waals surface area contributed by atoms with Gasteiger partial charge in [-0.05, 0) is 36.1 Å². The van der Waals surface area contributed by atoms with E-state index in [0.717, 1.165) is 25.8 Å². The molecule has 0 spiro atoms. The van der Waals surface area contributed by atoms with E-state index in [1.165, 1.54) is 16.7 Å². The molecule has 0 saturated heterocycles.